The summed E-state index contributed by atoms with van der Waals surface area (Å²) in [5.41, 5.74) is 3.72. The minimum Gasteiger partial charge on any atom is -0.386 e. The van der Waals surface area contributed by atoms with E-state index in [1.807, 2.05) is 25.1 Å². The Balaban J connectivity index is 1.39. The molecule has 0 spiro atoms. The monoisotopic (exact) mass is 462 g/mol. The molecule has 2 N–H and O–H groups in total. The highest BCUT2D eigenvalue weighted by Crippen LogP contribution is 2.26. The van der Waals surface area contributed by atoms with E-state index < -0.39 is 12.1 Å². The van der Waals surface area contributed by atoms with Crippen LogP contribution in [0.4, 0.5) is 5.69 Å². The molecule has 0 bridgehead atoms. The van der Waals surface area contributed by atoms with Crippen LogP contribution < -0.4 is 5.32 Å². The van der Waals surface area contributed by atoms with Gasteiger partial charge in [-0.25, -0.2) is 0 Å². The first-order valence-corrected chi connectivity index (χ1v) is 11.4. The molecule has 0 saturated carbocycles. The average Bonchev–Trinajstić information content (AvgIpc) is 3.18. The standard InChI is InChI=1S/C26H30N4O4/c1-18-15-22(29(2)28-18)26(33)27-21-12-10-20(11-13-21)25(32)23-16-34-17-24(31)30(23)14-6-9-19-7-4-3-5-8-19/h3-5,7-8,10-13,15,23,25,32H,6,9,14,16-17H2,1-2H3,(H,27,33)/t23-,25-/m1/s1. The zero-order chi connectivity index (χ0) is 24.1. The van der Waals surface area contributed by atoms with Crippen molar-refractivity contribution in [2.24, 2.45) is 7.05 Å². The van der Waals surface area contributed by atoms with Gasteiger partial charge < -0.3 is 20.1 Å². The van der Waals surface area contributed by atoms with Crippen LogP contribution in [0.25, 0.3) is 0 Å². The van der Waals surface area contributed by atoms with E-state index in [4.69, 9.17) is 4.74 Å². The van der Waals surface area contributed by atoms with Crippen molar-refractivity contribution in [2.45, 2.75) is 31.9 Å². The fourth-order valence-corrected chi connectivity index (χ4v) is 4.28. The molecule has 0 aliphatic carbocycles. The lowest BCUT2D eigenvalue weighted by Gasteiger charge is -2.38. The second-order valence-electron chi connectivity index (χ2n) is 8.57. The number of carbonyl (C=O) groups excluding carboxylic acids is 2. The van der Waals surface area contributed by atoms with Crippen molar-refractivity contribution in [3.8, 4) is 0 Å². The third-order valence-electron chi connectivity index (χ3n) is 6.05. The fraction of sp³-hybridized carbons (Fsp3) is 0.346. The maximum Gasteiger partial charge on any atom is 0.273 e. The van der Waals surface area contributed by atoms with Crippen LogP contribution in [0.3, 0.4) is 0 Å². The maximum atomic E-state index is 12.6. The van der Waals surface area contributed by atoms with Crippen molar-refractivity contribution < 1.29 is 19.4 Å². The molecule has 1 aliphatic heterocycles. The summed E-state index contributed by atoms with van der Waals surface area (Å²) in [5.74, 6) is -0.369. The number of rotatable bonds is 8. The Morgan fingerprint density at radius 1 is 1.21 bits per heavy atom. The van der Waals surface area contributed by atoms with E-state index in [-0.39, 0.29) is 25.0 Å². The van der Waals surface area contributed by atoms with Crippen LogP contribution in [0.2, 0.25) is 0 Å². The van der Waals surface area contributed by atoms with Crippen molar-refractivity contribution in [3.05, 3.63) is 83.2 Å². The van der Waals surface area contributed by atoms with Crippen LogP contribution >= 0.6 is 0 Å². The molecule has 2 atom stereocenters. The summed E-state index contributed by atoms with van der Waals surface area (Å²) in [6, 6.07) is 18.4. The number of hydrogen-bond acceptors (Lipinski definition) is 5. The number of carbonyl (C=O) groups is 2. The lowest BCUT2D eigenvalue weighted by molar-refractivity contribution is -0.154. The lowest BCUT2D eigenvalue weighted by atomic mass is 9.99. The number of morpholine rings is 1. The van der Waals surface area contributed by atoms with Gasteiger partial charge in [0.05, 0.1) is 18.3 Å². The Morgan fingerprint density at radius 3 is 2.62 bits per heavy atom. The van der Waals surface area contributed by atoms with Crippen molar-refractivity contribution in [1.82, 2.24) is 14.7 Å². The van der Waals surface area contributed by atoms with E-state index in [1.54, 1.807) is 42.3 Å². The minimum absolute atomic E-state index is 0.0347. The number of aromatic nitrogens is 2. The molecule has 1 aromatic heterocycles. The van der Waals surface area contributed by atoms with Gasteiger partial charge in [-0.1, -0.05) is 42.5 Å². The summed E-state index contributed by atoms with van der Waals surface area (Å²) in [4.78, 5) is 26.8. The first kappa shape index (κ1) is 23.7. The molecule has 2 aromatic carbocycles. The number of nitrogens with one attached hydrogen (secondary N) is 1. The first-order chi connectivity index (χ1) is 16.4. The van der Waals surface area contributed by atoms with E-state index in [0.29, 0.717) is 23.5 Å². The van der Waals surface area contributed by atoms with E-state index in [9.17, 15) is 14.7 Å². The van der Waals surface area contributed by atoms with Gasteiger partial charge >= 0.3 is 0 Å². The zero-order valence-electron chi connectivity index (χ0n) is 19.5. The van der Waals surface area contributed by atoms with Gasteiger partial charge in [-0.05, 0) is 49.1 Å². The topological polar surface area (TPSA) is 96.7 Å². The van der Waals surface area contributed by atoms with Crippen LogP contribution in [-0.4, -0.2) is 57.4 Å². The van der Waals surface area contributed by atoms with Gasteiger partial charge in [0.1, 0.15) is 18.4 Å². The van der Waals surface area contributed by atoms with Crippen LogP contribution in [0.5, 0.6) is 0 Å². The second-order valence-corrected chi connectivity index (χ2v) is 8.57. The van der Waals surface area contributed by atoms with Crippen LogP contribution in [0.15, 0.2) is 60.7 Å². The van der Waals surface area contributed by atoms with E-state index in [0.717, 1.165) is 18.5 Å². The lowest BCUT2D eigenvalue weighted by Crippen LogP contribution is -2.52. The molecule has 2 amide bonds. The molecular weight excluding hydrogens is 432 g/mol. The number of aryl methyl sites for hydroxylation is 3. The number of anilines is 1. The van der Waals surface area contributed by atoms with Crippen LogP contribution in [0, 0.1) is 6.92 Å². The summed E-state index contributed by atoms with van der Waals surface area (Å²) in [6.07, 6.45) is 0.765. The Morgan fingerprint density at radius 2 is 1.94 bits per heavy atom. The molecular formula is C26H30N4O4. The molecule has 0 radical (unpaired) electrons. The van der Waals surface area contributed by atoms with Crippen molar-refractivity contribution in [2.75, 3.05) is 25.1 Å². The zero-order valence-corrected chi connectivity index (χ0v) is 19.5. The highest BCUT2D eigenvalue weighted by atomic mass is 16.5. The molecule has 0 unspecified atom stereocenters. The summed E-state index contributed by atoms with van der Waals surface area (Å²) in [7, 11) is 1.72. The number of aliphatic hydroxyl groups excluding tert-OH is 1. The Bertz CT molecular complexity index is 1130. The molecule has 2 heterocycles. The second kappa shape index (κ2) is 10.6. The number of aliphatic hydroxyl groups is 1. The normalized spacial score (nSPS) is 17.0. The molecule has 1 fully saturated rings. The third kappa shape index (κ3) is 5.52. The Kier molecular flexibility index (Phi) is 7.40. The van der Waals surface area contributed by atoms with Crippen molar-refractivity contribution in [3.63, 3.8) is 0 Å². The third-order valence-corrected chi connectivity index (χ3v) is 6.05. The SMILES string of the molecule is Cc1cc(C(=O)Nc2ccc([C@@H](O)[C@H]3COCC(=O)N3CCCc3ccccc3)cc2)n(C)n1. The maximum absolute atomic E-state index is 12.6. The predicted octanol–water partition coefficient (Wildman–Crippen LogP) is 2.87. The number of nitrogens with zero attached hydrogens (tertiary/aromatic N) is 3. The van der Waals surface area contributed by atoms with Crippen molar-refractivity contribution >= 4 is 17.5 Å². The summed E-state index contributed by atoms with van der Waals surface area (Å²) >= 11 is 0. The minimum atomic E-state index is -0.898. The first-order valence-electron chi connectivity index (χ1n) is 11.4. The fourth-order valence-electron chi connectivity index (χ4n) is 4.28. The largest absolute Gasteiger partial charge is 0.386 e. The Hall–Kier alpha value is -3.49. The van der Waals surface area contributed by atoms with Gasteiger partial charge in [0, 0.05) is 19.3 Å². The van der Waals surface area contributed by atoms with Crippen LogP contribution in [-0.2, 0) is 23.0 Å². The quantitative estimate of drug-likeness (QED) is 0.537. The predicted molar refractivity (Wildman–Crippen MR) is 128 cm³/mol. The molecule has 1 saturated heterocycles. The molecule has 178 valence electrons. The smallest absolute Gasteiger partial charge is 0.273 e. The summed E-state index contributed by atoms with van der Waals surface area (Å²) < 4.78 is 6.99. The highest BCUT2D eigenvalue weighted by molar-refractivity contribution is 6.03. The van der Waals surface area contributed by atoms with Crippen LogP contribution in [0.1, 0.15) is 39.8 Å². The molecule has 1 aliphatic rings. The van der Waals surface area contributed by atoms with E-state index in [2.05, 4.69) is 22.5 Å². The van der Waals surface area contributed by atoms with Gasteiger partial charge in [0.15, 0.2) is 0 Å². The van der Waals surface area contributed by atoms with E-state index >= 15 is 0 Å². The molecule has 8 heteroatoms. The van der Waals surface area contributed by atoms with Crippen molar-refractivity contribution in [1.29, 1.82) is 0 Å². The van der Waals surface area contributed by atoms with Gasteiger partial charge in [0.2, 0.25) is 5.91 Å². The van der Waals surface area contributed by atoms with Gasteiger partial charge in [-0.15, -0.1) is 0 Å². The number of amides is 2. The van der Waals surface area contributed by atoms with Gasteiger partial charge in [-0.2, -0.15) is 5.10 Å². The van der Waals surface area contributed by atoms with Gasteiger partial charge in [0.25, 0.3) is 5.91 Å². The number of benzene rings is 2. The molecule has 34 heavy (non-hydrogen) atoms. The molecule has 4 rings (SSSR count). The summed E-state index contributed by atoms with van der Waals surface area (Å²) in [5, 5.41) is 18.1. The number of hydrogen-bond donors (Lipinski definition) is 2. The Labute approximate surface area is 199 Å². The molecule has 3 aromatic rings. The molecule has 8 nitrogen and oxygen atoms in total. The van der Waals surface area contributed by atoms with E-state index in [1.165, 1.54) is 10.2 Å². The summed E-state index contributed by atoms with van der Waals surface area (Å²) in [6.45, 7) is 2.69. The average molecular weight is 463 g/mol. The van der Waals surface area contributed by atoms with Gasteiger partial charge in [-0.3, -0.25) is 14.3 Å². The highest BCUT2D eigenvalue weighted by Gasteiger charge is 2.34. The number of ether oxygens (including phenoxy) is 1.